The van der Waals surface area contributed by atoms with Crippen LogP contribution in [0.1, 0.15) is 15.9 Å². The standard InChI is InChI=1S/C20H17NO2/c1-15-14-18(12-13-19(15)20(22)23)21(16-8-4-2-5-9-16)17-10-6-3-7-11-17/h2-14H,1H3,(H,22,23)/p-1. The van der Waals surface area contributed by atoms with E-state index in [4.69, 9.17) is 0 Å². The first-order valence-electron chi connectivity index (χ1n) is 7.39. The Morgan fingerprint density at radius 3 is 1.74 bits per heavy atom. The third kappa shape index (κ3) is 3.09. The van der Waals surface area contributed by atoms with Crippen molar-refractivity contribution in [3.63, 3.8) is 0 Å². The fraction of sp³-hybridized carbons (Fsp3) is 0.0500. The lowest BCUT2D eigenvalue weighted by Crippen LogP contribution is -2.23. The minimum atomic E-state index is -1.15. The van der Waals surface area contributed by atoms with E-state index in [0.717, 1.165) is 17.1 Å². The molecule has 0 unspecified atom stereocenters. The molecule has 114 valence electrons. The average Bonchev–Trinajstić information content (AvgIpc) is 2.57. The summed E-state index contributed by atoms with van der Waals surface area (Å²) >= 11 is 0. The van der Waals surface area contributed by atoms with Crippen LogP contribution < -0.4 is 10.0 Å². The number of nitrogens with zero attached hydrogens (tertiary/aromatic N) is 1. The third-order valence-corrected chi connectivity index (χ3v) is 3.72. The lowest BCUT2D eigenvalue weighted by Gasteiger charge is -2.26. The number of para-hydroxylation sites is 2. The summed E-state index contributed by atoms with van der Waals surface area (Å²) in [7, 11) is 0. The predicted molar refractivity (Wildman–Crippen MR) is 90.2 cm³/mol. The van der Waals surface area contributed by atoms with Gasteiger partial charge in [-0.25, -0.2) is 0 Å². The summed E-state index contributed by atoms with van der Waals surface area (Å²) in [6, 6.07) is 25.2. The van der Waals surface area contributed by atoms with Gasteiger partial charge >= 0.3 is 0 Å². The van der Waals surface area contributed by atoms with Crippen LogP contribution in [0.25, 0.3) is 0 Å². The summed E-state index contributed by atoms with van der Waals surface area (Å²) in [5.41, 5.74) is 3.83. The highest BCUT2D eigenvalue weighted by Gasteiger charge is 2.12. The summed E-state index contributed by atoms with van der Waals surface area (Å²) in [6.07, 6.45) is 0. The molecule has 0 aliphatic carbocycles. The quantitative estimate of drug-likeness (QED) is 0.735. The van der Waals surface area contributed by atoms with Gasteiger partial charge in [-0.15, -0.1) is 0 Å². The zero-order chi connectivity index (χ0) is 16.2. The molecule has 3 heteroatoms. The molecule has 3 aromatic carbocycles. The van der Waals surface area contributed by atoms with Crippen molar-refractivity contribution in [1.82, 2.24) is 0 Å². The van der Waals surface area contributed by atoms with Crippen LogP contribution in [0, 0.1) is 6.92 Å². The largest absolute Gasteiger partial charge is 0.545 e. The first kappa shape index (κ1) is 14.9. The van der Waals surface area contributed by atoms with E-state index in [1.54, 1.807) is 19.1 Å². The van der Waals surface area contributed by atoms with Crippen LogP contribution in [0.2, 0.25) is 0 Å². The third-order valence-electron chi connectivity index (χ3n) is 3.72. The molecule has 3 nitrogen and oxygen atoms in total. The van der Waals surface area contributed by atoms with E-state index in [2.05, 4.69) is 4.90 Å². The molecular formula is C20H16NO2-. The summed E-state index contributed by atoms with van der Waals surface area (Å²) < 4.78 is 0. The average molecular weight is 302 g/mol. The number of rotatable bonds is 4. The Morgan fingerprint density at radius 1 is 0.783 bits per heavy atom. The number of hydrogen-bond acceptors (Lipinski definition) is 3. The molecule has 23 heavy (non-hydrogen) atoms. The normalized spacial score (nSPS) is 10.3. The number of carboxylic acids is 1. The Bertz CT molecular complexity index is 774. The lowest BCUT2D eigenvalue weighted by molar-refractivity contribution is -0.255. The van der Waals surface area contributed by atoms with Crippen molar-refractivity contribution in [2.75, 3.05) is 4.90 Å². The monoisotopic (exact) mass is 302 g/mol. The molecule has 0 bridgehead atoms. The number of aromatic carboxylic acids is 1. The molecule has 0 aliphatic heterocycles. The Kier molecular flexibility index (Phi) is 4.11. The van der Waals surface area contributed by atoms with Gasteiger partial charge in [0.05, 0.1) is 5.97 Å². The Balaban J connectivity index is 2.13. The van der Waals surface area contributed by atoms with Crippen molar-refractivity contribution >= 4 is 23.0 Å². The molecule has 3 rings (SSSR count). The SMILES string of the molecule is Cc1cc(N(c2ccccc2)c2ccccc2)ccc1C(=O)[O-]. The fourth-order valence-electron chi connectivity index (χ4n) is 2.62. The van der Waals surface area contributed by atoms with Crippen molar-refractivity contribution < 1.29 is 9.90 Å². The van der Waals surface area contributed by atoms with E-state index in [1.807, 2.05) is 66.7 Å². The summed E-state index contributed by atoms with van der Waals surface area (Å²) in [6.45, 7) is 1.78. The first-order chi connectivity index (χ1) is 11.2. The van der Waals surface area contributed by atoms with Crippen LogP contribution >= 0.6 is 0 Å². The van der Waals surface area contributed by atoms with Crippen LogP contribution in [0.3, 0.4) is 0 Å². The maximum absolute atomic E-state index is 11.1. The molecule has 0 saturated heterocycles. The van der Waals surface area contributed by atoms with Crippen LogP contribution in [-0.2, 0) is 0 Å². The van der Waals surface area contributed by atoms with E-state index >= 15 is 0 Å². The van der Waals surface area contributed by atoms with Crippen molar-refractivity contribution in [2.45, 2.75) is 6.92 Å². The van der Waals surface area contributed by atoms with E-state index in [1.165, 1.54) is 0 Å². The van der Waals surface area contributed by atoms with Crippen LogP contribution in [0.15, 0.2) is 78.9 Å². The van der Waals surface area contributed by atoms with Gasteiger partial charge in [0.2, 0.25) is 0 Å². The predicted octanol–water partition coefficient (Wildman–Crippen LogP) is 3.83. The molecule has 0 spiro atoms. The van der Waals surface area contributed by atoms with Crippen molar-refractivity contribution in [3.8, 4) is 0 Å². The highest BCUT2D eigenvalue weighted by molar-refractivity contribution is 5.89. The summed E-state index contributed by atoms with van der Waals surface area (Å²) in [4.78, 5) is 13.2. The van der Waals surface area contributed by atoms with Gasteiger partial charge < -0.3 is 14.8 Å². The zero-order valence-electron chi connectivity index (χ0n) is 12.8. The molecule has 0 aliphatic rings. The van der Waals surface area contributed by atoms with Gasteiger partial charge in [-0.1, -0.05) is 42.5 Å². The van der Waals surface area contributed by atoms with E-state index in [9.17, 15) is 9.90 Å². The minimum Gasteiger partial charge on any atom is -0.545 e. The van der Waals surface area contributed by atoms with Gasteiger partial charge in [0, 0.05) is 22.6 Å². The smallest absolute Gasteiger partial charge is 0.0718 e. The van der Waals surface area contributed by atoms with E-state index in [-0.39, 0.29) is 5.56 Å². The summed E-state index contributed by atoms with van der Waals surface area (Å²) in [5.74, 6) is -1.15. The number of carboxylic acid groups (broad SMARTS) is 1. The molecule has 0 saturated carbocycles. The Morgan fingerprint density at radius 2 is 1.30 bits per heavy atom. The highest BCUT2D eigenvalue weighted by atomic mass is 16.4. The number of anilines is 3. The molecule has 0 radical (unpaired) electrons. The lowest BCUT2D eigenvalue weighted by atomic mass is 10.1. The van der Waals surface area contributed by atoms with E-state index < -0.39 is 5.97 Å². The molecule has 0 fully saturated rings. The van der Waals surface area contributed by atoms with Crippen LogP contribution in [0.4, 0.5) is 17.1 Å². The highest BCUT2D eigenvalue weighted by Crippen LogP contribution is 2.34. The second kappa shape index (κ2) is 6.36. The van der Waals surface area contributed by atoms with Gasteiger partial charge in [-0.05, 0) is 48.9 Å². The molecule has 0 atom stereocenters. The molecule has 3 aromatic rings. The number of hydrogen-bond donors (Lipinski definition) is 0. The van der Waals surface area contributed by atoms with Crippen molar-refractivity contribution in [1.29, 1.82) is 0 Å². The topological polar surface area (TPSA) is 43.4 Å². The summed E-state index contributed by atoms with van der Waals surface area (Å²) in [5, 5.41) is 11.1. The van der Waals surface area contributed by atoms with Gasteiger partial charge in [0.1, 0.15) is 0 Å². The molecular weight excluding hydrogens is 286 g/mol. The van der Waals surface area contributed by atoms with Gasteiger partial charge in [0.15, 0.2) is 0 Å². The van der Waals surface area contributed by atoms with Gasteiger partial charge in [-0.3, -0.25) is 0 Å². The second-order valence-electron chi connectivity index (χ2n) is 5.29. The van der Waals surface area contributed by atoms with Crippen LogP contribution in [-0.4, -0.2) is 5.97 Å². The maximum Gasteiger partial charge on any atom is 0.0718 e. The number of carbonyl (C=O) groups is 1. The van der Waals surface area contributed by atoms with Crippen LogP contribution in [0.5, 0.6) is 0 Å². The fourth-order valence-corrected chi connectivity index (χ4v) is 2.62. The number of aryl methyl sites for hydroxylation is 1. The van der Waals surface area contributed by atoms with Crippen molar-refractivity contribution in [2.24, 2.45) is 0 Å². The Hall–Kier alpha value is -3.07. The van der Waals surface area contributed by atoms with Gasteiger partial charge in [0.25, 0.3) is 0 Å². The molecule has 0 heterocycles. The maximum atomic E-state index is 11.1. The number of benzene rings is 3. The van der Waals surface area contributed by atoms with E-state index in [0.29, 0.717) is 5.56 Å². The number of carbonyl (C=O) groups excluding carboxylic acids is 1. The molecule has 0 aromatic heterocycles. The van der Waals surface area contributed by atoms with Crippen molar-refractivity contribution in [3.05, 3.63) is 90.0 Å². The zero-order valence-corrected chi connectivity index (χ0v) is 12.8. The Labute approximate surface area is 135 Å². The van der Waals surface area contributed by atoms with Gasteiger partial charge in [-0.2, -0.15) is 0 Å². The minimum absolute atomic E-state index is 0.217. The molecule has 0 N–H and O–H groups in total. The first-order valence-corrected chi connectivity index (χ1v) is 7.39. The molecule has 0 amide bonds. The second-order valence-corrected chi connectivity index (χ2v) is 5.29.